The number of amides is 1. The first-order valence-corrected chi connectivity index (χ1v) is 8.53. The quantitative estimate of drug-likeness (QED) is 0.377. The fraction of sp³-hybridized carbons (Fsp3) is 0.0588. The van der Waals surface area contributed by atoms with Crippen LogP contribution in [0.1, 0.15) is 10.4 Å². The number of nitrogens with zero attached hydrogens (tertiary/aromatic N) is 3. The summed E-state index contributed by atoms with van der Waals surface area (Å²) >= 11 is 7.04. The maximum Gasteiger partial charge on any atom is 0.281 e. The molecule has 0 atom stereocenters. The van der Waals surface area contributed by atoms with Crippen LogP contribution in [0.25, 0.3) is 10.2 Å². The van der Waals surface area contributed by atoms with Gasteiger partial charge < -0.3 is 4.57 Å². The van der Waals surface area contributed by atoms with Gasteiger partial charge in [0.15, 0.2) is 4.80 Å². The summed E-state index contributed by atoms with van der Waals surface area (Å²) in [5.41, 5.74) is 0.711. The molecule has 0 radical (unpaired) electrons. The number of benzene rings is 2. The summed E-state index contributed by atoms with van der Waals surface area (Å²) in [4.78, 5) is 27.3. The number of carbonyl (C=O) groups excluding carboxylic acids is 1. The van der Waals surface area contributed by atoms with Crippen molar-refractivity contribution in [2.75, 3.05) is 0 Å². The molecule has 26 heavy (non-hydrogen) atoms. The second-order valence-electron chi connectivity index (χ2n) is 5.23. The maximum absolute atomic E-state index is 13.2. The highest BCUT2D eigenvalue weighted by atomic mass is 35.5. The van der Waals surface area contributed by atoms with Crippen molar-refractivity contribution in [1.29, 1.82) is 0 Å². The number of nitro groups is 1. The predicted molar refractivity (Wildman–Crippen MR) is 98.0 cm³/mol. The molecule has 1 amide bonds. The van der Waals surface area contributed by atoms with E-state index in [0.29, 0.717) is 21.6 Å². The lowest BCUT2D eigenvalue weighted by Gasteiger charge is -2.01. The molecule has 1 aromatic heterocycles. The number of hydrogen-bond donors (Lipinski definition) is 0. The molecule has 0 fully saturated rings. The van der Waals surface area contributed by atoms with Crippen molar-refractivity contribution in [3.05, 3.63) is 80.4 Å². The third kappa shape index (κ3) is 3.42. The summed E-state index contributed by atoms with van der Waals surface area (Å²) in [5.74, 6) is -1.18. The molecule has 0 aliphatic heterocycles. The summed E-state index contributed by atoms with van der Waals surface area (Å²) < 4.78 is 15.5. The Hall–Kier alpha value is -2.84. The lowest BCUT2D eigenvalue weighted by Crippen LogP contribution is -2.16. The first-order valence-electron chi connectivity index (χ1n) is 7.33. The van der Waals surface area contributed by atoms with Crippen LogP contribution in [0.4, 0.5) is 10.1 Å². The predicted octanol–water partition coefficient (Wildman–Crippen LogP) is 4.33. The van der Waals surface area contributed by atoms with Gasteiger partial charge in [-0.2, -0.15) is 4.99 Å². The molecule has 0 saturated carbocycles. The number of halogens is 2. The van der Waals surface area contributed by atoms with E-state index in [-0.39, 0.29) is 16.3 Å². The van der Waals surface area contributed by atoms with Gasteiger partial charge in [0, 0.05) is 18.7 Å². The molecule has 132 valence electrons. The molecule has 2 aromatic carbocycles. The maximum atomic E-state index is 13.2. The van der Waals surface area contributed by atoms with Gasteiger partial charge in [0.1, 0.15) is 5.82 Å². The van der Waals surface area contributed by atoms with Crippen molar-refractivity contribution in [1.82, 2.24) is 4.57 Å². The molecule has 0 aliphatic carbocycles. The van der Waals surface area contributed by atoms with Crippen molar-refractivity contribution in [3.8, 4) is 0 Å². The molecule has 6 nitrogen and oxygen atoms in total. The van der Waals surface area contributed by atoms with E-state index in [0.717, 1.165) is 23.5 Å². The molecule has 0 aliphatic rings. The van der Waals surface area contributed by atoms with Crippen LogP contribution in [0.5, 0.6) is 0 Å². The van der Waals surface area contributed by atoms with Crippen molar-refractivity contribution in [2.45, 2.75) is 6.54 Å². The van der Waals surface area contributed by atoms with Crippen LogP contribution in [0.3, 0.4) is 0 Å². The third-order valence-corrected chi connectivity index (χ3v) is 4.90. The highest BCUT2D eigenvalue weighted by Gasteiger charge is 2.14. The van der Waals surface area contributed by atoms with E-state index in [1.165, 1.54) is 18.2 Å². The zero-order valence-corrected chi connectivity index (χ0v) is 14.8. The summed E-state index contributed by atoms with van der Waals surface area (Å²) in [6.07, 6.45) is 1.63. The minimum atomic E-state index is -0.631. The monoisotopic (exact) mass is 391 g/mol. The van der Waals surface area contributed by atoms with Crippen LogP contribution in [-0.4, -0.2) is 15.4 Å². The van der Waals surface area contributed by atoms with Gasteiger partial charge in [-0.15, -0.1) is 6.58 Å². The van der Waals surface area contributed by atoms with E-state index < -0.39 is 16.6 Å². The van der Waals surface area contributed by atoms with E-state index in [1.807, 2.05) is 0 Å². The fourth-order valence-electron chi connectivity index (χ4n) is 2.38. The molecule has 0 unspecified atom stereocenters. The molecule has 0 bridgehead atoms. The fourth-order valence-corrected chi connectivity index (χ4v) is 3.70. The zero-order valence-electron chi connectivity index (χ0n) is 13.2. The molecule has 0 spiro atoms. The number of allylic oxidation sites excluding steroid dienone is 1. The molecule has 0 N–H and O–H groups in total. The summed E-state index contributed by atoms with van der Waals surface area (Å²) in [6, 6.07) is 7.84. The van der Waals surface area contributed by atoms with Crippen LogP contribution >= 0.6 is 22.9 Å². The Bertz CT molecular complexity index is 1120. The van der Waals surface area contributed by atoms with Crippen molar-refractivity contribution >= 4 is 44.7 Å². The van der Waals surface area contributed by atoms with Crippen LogP contribution in [0.15, 0.2) is 54.0 Å². The number of nitro benzene ring substituents is 1. The average molecular weight is 392 g/mol. The average Bonchev–Trinajstić information content (AvgIpc) is 2.91. The van der Waals surface area contributed by atoms with E-state index in [9.17, 15) is 19.3 Å². The second-order valence-corrected chi connectivity index (χ2v) is 6.65. The highest BCUT2D eigenvalue weighted by Crippen LogP contribution is 2.24. The number of thiazole rings is 1. The van der Waals surface area contributed by atoms with E-state index in [4.69, 9.17) is 11.6 Å². The first kappa shape index (κ1) is 18.0. The van der Waals surface area contributed by atoms with Gasteiger partial charge in [-0.1, -0.05) is 29.0 Å². The van der Waals surface area contributed by atoms with Crippen molar-refractivity contribution in [2.24, 2.45) is 4.99 Å². The number of hydrogen-bond acceptors (Lipinski definition) is 4. The van der Waals surface area contributed by atoms with Gasteiger partial charge in [0.05, 0.1) is 25.7 Å². The van der Waals surface area contributed by atoms with Gasteiger partial charge in [-0.25, -0.2) is 4.39 Å². The van der Waals surface area contributed by atoms with Crippen molar-refractivity contribution < 1.29 is 14.1 Å². The molecule has 9 heteroatoms. The van der Waals surface area contributed by atoms with Gasteiger partial charge in [0.2, 0.25) is 0 Å². The topological polar surface area (TPSA) is 77.5 Å². The number of rotatable bonds is 4. The third-order valence-electron chi connectivity index (χ3n) is 3.55. The van der Waals surface area contributed by atoms with Crippen LogP contribution in [0, 0.1) is 15.9 Å². The molecule has 3 rings (SSSR count). The normalized spacial score (nSPS) is 11.7. The highest BCUT2D eigenvalue weighted by molar-refractivity contribution is 7.16. The molecular weight excluding hydrogens is 381 g/mol. The Morgan fingerprint density at radius 1 is 1.38 bits per heavy atom. The van der Waals surface area contributed by atoms with Crippen LogP contribution in [-0.2, 0) is 6.54 Å². The van der Waals surface area contributed by atoms with Crippen molar-refractivity contribution in [3.63, 3.8) is 0 Å². The largest absolute Gasteiger partial charge is 0.312 e. The standard InChI is InChI=1S/C17H11ClFN3O3S/c1-2-7-21-14-6-4-11(22(24)25)9-15(14)26-17(21)20-16(23)12-5-3-10(19)8-13(12)18/h2-6,8-9H,1,7H2. The van der Waals surface area contributed by atoms with Gasteiger partial charge in [-0.05, 0) is 24.3 Å². The summed E-state index contributed by atoms with van der Waals surface area (Å²) in [5, 5.41) is 10.9. The zero-order chi connectivity index (χ0) is 18.8. The van der Waals surface area contributed by atoms with Gasteiger partial charge in [0.25, 0.3) is 11.6 Å². The van der Waals surface area contributed by atoms with Gasteiger partial charge >= 0.3 is 0 Å². The number of fused-ring (bicyclic) bond motifs is 1. The molecule has 3 aromatic rings. The van der Waals surface area contributed by atoms with Crippen LogP contribution in [0.2, 0.25) is 5.02 Å². The van der Waals surface area contributed by atoms with E-state index >= 15 is 0 Å². The van der Waals surface area contributed by atoms with E-state index in [1.54, 1.807) is 16.7 Å². The van der Waals surface area contributed by atoms with E-state index in [2.05, 4.69) is 11.6 Å². The molecule has 0 saturated heterocycles. The second kappa shape index (κ2) is 7.19. The summed E-state index contributed by atoms with van der Waals surface area (Å²) in [6.45, 7) is 4.04. The smallest absolute Gasteiger partial charge is 0.281 e. The minimum absolute atomic E-state index is 0.0363. The lowest BCUT2D eigenvalue weighted by molar-refractivity contribution is -0.384. The Morgan fingerprint density at radius 2 is 2.15 bits per heavy atom. The Labute approximate surface area is 155 Å². The molecule has 1 heterocycles. The Kier molecular flexibility index (Phi) is 4.97. The first-order chi connectivity index (χ1) is 12.4. The Balaban J connectivity index is 2.17. The minimum Gasteiger partial charge on any atom is -0.312 e. The summed E-state index contributed by atoms with van der Waals surface area (Å²) in [7, 11) is 0. The number of aromatic nitrogens is 1. The number of non-ortho nitro benzene ring substituents is 1. The molecular formula is C17H11ClFN3O3S. The SMILES string of the molecule is C=CCn1c(=NC(=O)c2ccc(F)cc2Cl)sc2cc([N+](=O)[O-])ccc21. The van der Waals surface area contributed by atoms with Crippen LogP contribution < -0.4 is 4.80 Å². The Morgan fingerprint density at radius 3 is 2.81 bits per heavy atom. The number of carbonyl (C=O) groups is 1. The lowest BCUT2D eigenvalue weighted by atomic mass is 10.2. The van der Waals surface area contributed by atoms with Gasteiger partial charge in [-0.3, -0.25) is 14.9 Å².